The first kappa shape index (κ1) is 7.34. The maximum absolute atomic E-state index is 6.42. The van der Waals surface area contributed by atoms with Crippen LogP contribution in [-0.4, -0.2) is 18.2 Å². The second-order valence-electron chi connectivity index (χ2n) is 4.77. The van der Waals surface area contributed by atoms with Gasteiger partial charge in [-0.2, -0.15) is 0 Å². The largest absolute Gasteiger partial charge is 0.376 e. The topological polar surface area (TPSA) is 35.2 Å². The third kappa shape index (κ3) is 0.944. The zero-order valence-corrected chi connectivity index (χ0v) is 7.46. The van der Waals surface area contributed by atoms with Gasteiger partial charge in [-0.05, 0) is 43.9 Å². The van der Waals surface area contributed by atoms with Gasteiger partial charge in [-0.25, -0.2) is 0 Å². The van der Waals surface area contributed by atoms with Gasteiger partial charge in [0.2, 0.25) is 0 Å². The summed E-state index contributed by atoms with van der Waals surface area (Å²) in [4.78, 5) is 0. The summed E-state index contributed by atoms with van der Waals surface area (Å²) < 4.78 is 5.77. The van der Waals surface area contributed by atoms with E-state index in [1.165, 1.54) is 25.7 Å². The van der Waals surface area contributed by atoms with Crippen molar-refractivity contribution in [3.8, 4) is 0 Å². The molecular formula is C10H17NO. The molecule has 1 aliphatic heterocycles. The molecule has 2 atom stereocenters. The minimum absolute atomic E-state index is 0.0845. The summed E-state index contributed by atoms with van der Waals surface area (Å²) >= 11 is 0. The molecule has 12 heavy (non-hydrogen) atoms. The molecule has 0 aromatic rings. The zero-order valence-electron chi connectivity index (χ0n) is 7.46. The minimum Gasteiger partial charge on any atom is -0.376 e. The Labute approximate surface area is 73.5 Å². The van der Waals surface area contributed by atoms with Gasteiger partial charge >= 0.3 is 0 Å². The number of ether oxygens (including phenoxy) is 1. The lowest BCUT2D eigenvalue weighted by molar-refractivity contribution is 0.0563. The maximum Gasteiger partial charge on any atom is 0.0786 e. The predicted molar refractivity (Wildman–Crippen MR) is 46.7 cm³/mol. The standard InChI is InChI=1S/C10H17NO/c11-10(8-3-4-8)5-6-12-9(10)7-1-2-7/h7-9H,1-6,11H2. The van der Waals surface area contributed by atoms with Gasteiger partial charge in [-0.3, -0.25) is 0 Å². The van der Waals surface area contributed by atoms with Crippen molar-refractivity contribution in [1.29, 1.82) is 0 Å². The number of rotatable bonds is 2. The highest BCUT2D eigenvalue weighted by Crippen LogP contribution is 2.51. The first-order chi connectivity index (χ1) is 5.81. The number of hydrogen-bond donors (Lipinski definition) is 1. The van der Waals surface area contributed by atoms with E-state index in [9.17, 15) is 0 Å². The molecule has 2 heteroatoms. The highest BCUT2D eigenvalue weighted by atomic mass is 16.5. The van der Waals surface area contributed by atoms with E-state index >= 15 is 0 Å². The fourth-order valence-electron chi connectivity index (χ4n) is 2.69. The summed E-state index contributed by atoms with van der Waals surface area (Å²) in [6, 6.07) is 0. The fourth-order valence-corrected chi connectivity index (χ4v) is 2.69. The van der Waals surface area contributed by atoms with Crippen LogP contribution >= 0.6 is 0 Å². The van der Waals surface area contributed by atoms with Crippen LogP contribution in [0.5, 0.6) is 0 Å². The molecule has 1 saturated heterocycles. The van der Waals surface area contributed by atoms with E-state index in [2.05, 4.69) is 0 Å². The average Bonchev–Trinajstić information content (AvgIpc) is 2.93. The normalized spacial score (nSPS) is 48.2. The van der Waals surface area contributed by atoms with Crippen molar-refractivity contribution in [2.45, 2.75) is 43.7 Å². The molecule has 0 aromatic carbocycles. The molecule has 0 spiro atoms. The maximum atomic E-state index is 6.42. The van der Waals surface area contributed by atoms with Gasteiger partial charge < -0.3 is 10.5 Å². The van der Waals surface area contributed by atoms with E-state index in [1.807, 2.05) is 0 Å². The Balaban J connectivity index is 1.80. The molecule has 3 fully saturated rings. The van der Waals surface area contributed by atoms with E-state index in [4.69, 9.17) is 10.5 Å². The molecule has 3 aliphatic rings. The van der Waals surface area contributed by atoms with Crippen LogP contribution in [-0.2, 0) is 4.74 Å². The van der Waals surface area contributed by atoms with Gasteiger partial charge in [0.05, 0.1) is 6.10 Å². The minimum atomic E-state index is 0.0845. The monoisotopic (exact) mass is 167 g/mol. The number of hydrogen-bond acceptors (Lipinski definition) is 2. The lowest BCUT2D eigenvalue weighted by atomic mass is 9.84. The molecule has 3 rings (SSSR count). The molecule has 2 saturated carbocycles. The Morgan fingerprint density at radius 1 is 1.17 bits per heavy atom. The Bertz CT molecular complexity index is 198. The van der Waals surface area contributed by atoms with E-state index in [0.29, 0.717) is 6.10 Å². The van der Waals surface area contributed by atoms with Crippen LogP contribution in [0.25, 0.3) is 0 Å². The molecule has 0 aromatic heterocycles. The summed E-state index contributed by atoms with van der Waals surface area (Å²) in [6.07, 6.45) is 6.95. The van der Waals surface area contributed by atoms with Crippen LogP contribution in [0.15, 0.2) is 0 Å². The van der Waals surface area contributed by atoms with Crippen LogP contribution in [0, 0.1) is 11.8 Å². The molecule has 2 aliphatic carbocycles. The Kier molecular flexibility index (Phi) is 1.37. The van der Waals surface area contributed by atoms with Crippen LogP contribution in [0.2, 0.25) is 0 Å². The third-order valence-corrected chi connectivity index (χ3v) is 3.75. The summed E-state index contributed by atoms with van der Waals surface area (Å²) in [5, 5.41) is 0. The van der Waals surface area contributed by atoms with Crippen molar-refractivity contribution < 1.29 is 4.74 Å². The third-order valence-electron chi connectivity index (χ3n) is 3.75. The number of nitrogens with two attached hydrogens (primary N) is 1. The zero-order chi connectivity index (χ0) is 8.18. The summed E-state index contributed by atoms with van der Waals surface area (Å²) in [7, 11) is 0. The molecule has 2 nitrogen and oxygen atoms in total. The molecule has 2 N–H and O–H groups in total. The van der Waals surface area contributed by atoms with Gasteiger partial charge in [0.1, 0.15) is 0 Å². The van der Waals surface area contributed by atoms with Crippen molar-refractivity contribution in [2.24, 2.45) is 17.6 Å². The van der Waals surface area contributed by atoms with E-state index in [-0.39, 0.29) is 5.54 Å². The van der Waals surface area contributed by atoms with E-state index in [1.54, 1.807) is 0 Å². The van der Waals surface area contributed by atoms with Crippen molar-refractivity contribution in [3.63, 3.8) is 0 Å². The molecule has 0 amide bonds. The quantitative estimate of drug-likeness (QED) is 0.672. The van der Waals surface area contributed by atoms with Crippen molar-refractivity contribution in [2.75, 3.05) is 6.61 Å². The van der Waals surface area contributed by atoms with Gasteiger partial charge in [0.25, 0.3) is 0 Å². The van der Waals surface area contributed by atoms with Crippen molar-refractivity contribution >= 4 is 0 Å². The highest BCUT2D eigenvalue weighted by molar-refractivity contribution is 5.10. The first-order valence-corrected chi connectivity index (χ1v) is 5.21. The Hall–Kier alpha value is -0.0800. The smallest absolute Gasteiger partial charge is 0.0786 e. The van der Waals surface area contributed by atoms with Crippen LogP contribution < -0.4 is 5.73 Å². The van der Waals surface area contributed by atoms with E-state index < -0.39 is 0 Å². The summed E-state index contributed by atoms with van der Waals surface area (Å²) in [6.45, 7) is 0.911. The first-order valence-electron chi connectivity index (χ1n) is 5.21. The summed E-state index contributed by atoms with van der Waals surface area (Å²) in [5.41, 5.74) is 6.51. The summed E-state index contributed by atoms with van der Waals surface area (Å²) in [5.74, 6) is 1.61. The highest BCUT2D eigenvalue weighted by Gasteiger charge is 2.55. The molecule has 2 unspecified atom stereocenters. The Morgan fingerprint density at radius 2 is 1.92 bits per heavy atom. The fraction of sp³-hybridized carbons (Fsp3) is 1.00. The SMILES string of the molecule is NC1(C2CC2)CCOC1C1CC1. The van der Waals surface area contributed by atoms with E-state index in [0.717, 1.165) is 24.9 Å². The lowest BCUT2D eigenvalue weighted by Gasteiger charge is -2.30. The van der Waals surface area contributed by atoms with Gasteiger partial charge in [-0.15, -0.1) is 0 Å². The lowest BCUT2D eigenvalue weighted by Crippen LogP contribution is -2.50. The molecule has 1 heterocycles. The van der Waals surface area contributed by atoms with Crippen molar-refractivity contribution in [3.05, 3.63) is 0 Å². The predicted octanol–water partition coefficient (Wildman–Crippen LogP) is 1.29. The molecule has 0 bridgehead atoms. The van der Waals surface area contributed by atoms with Gasteiger partial charge in [-0.1, -0.05) is 0 Å². The second-order valence-corrected chi connectivity index (χ2v) is 4.77. The molecular weight excluding hydrogens is 150 g/mol. The molecule has 68 valence electrons. The Morgan fingerprint density at radius 3 is 2.50 bits per heavy atom. The second kappa shape index (κ2) is 2.24. The van der Waals surface area contributed by atoms with Gasteiger partial charge in [0, 0.05) is 12.1 Å². The van der Waals surface area contributed by atoms with Gasteiger partial charge in [0.15, 0.2) is 0 Å². The van der Waals surface area contributed by atoms with Crippen LogP contribution in [0.4, 0.5) is 0 Å². The molecule has 0 radical (unpaired) electrons. The average molecular weight is 167 g/mol. The van der Waals surface area contributed by atoms with Crippen molar-refractivity contribution in [1.82, 2.24) is 0 Å². The van der Waals surface area contributed by atoms with Crippen LogP contribution in [0.3, 0.4) is 0 Å². The van der Waals surface area contributed by atoms with Crippen LogP contribution in [0.1, 0.15) is 32.1 Å².